The quantitative estimate of drug-likeness (QED) is 0.219. The first-order chi connectivity index (χ1) is 13.6. The van der Waals surface area contributed by atoms with Crippen molar-refractivity contribution in [2.45, 2.75) is 40.2 Å². The fraction of sp³-hybridized carbons (Fsp3) is 0.550. The third kappa shape index (κ3) is 7.71. The maximum Gasteiger partial charge on any atom is 0.191 e. The number of guanidine groups is 1. The molecule has 0 saturated carbocycles. The maximum atomic E-state index is 5.65. The van der Waals surface area contributed by atoms with Crippen molar-refractivity contribution in [1.82, 2.24) is 25.4 Å². The average Bonchev–Trinajstić information content (AvgIpc) is 3.02. The van der Waals surface area contributed by atoms with Crippen molar-refractivity contribution in [3.05, 3.63) is 35.4 Å². The van der Waals surface area contributed by atoms with Crippen LogP contribution >= 0.6 is 24.0 Å². The van der Waals surface area contributed by atoms with Gasteiger partial charge in [-0.25, -0.2) is 4.99 Å². The number of halogens is 1. The van der Waals surface area contributed by atoms with Crippen LogP contribution in [0.2, 0.25) is 0 Å². The molecule has 0 radical (unpaired) electrons. The fourth-order valence-corrected chi connectivity index (χ4v) is 2.72. The Morgan fingerprint density at radius 3 is 2.59 bits per heavy atom. The zero-order chi connectivity index (χ0) is 20.4. The van der Waals surface area contributed by atoms with Gasteiger partial charge in [0.15, 0.2) is 23.3 Å². The van der Waals surface area contributed by atoms with Gasteiger partial charge in [-0.3, -0.25) is 0 Å². The molecule has 0 saturated heterocycles. The second kappa shape index (κ2) is 13.2. The van der Waals surface area contributed by atoms with Gasteiger partial charge in [0.2, 0.25) is 0 Å². The normalized spacial score (nSPS) is 11.0. The van der Waals surface area contributed by atoms with Crippen LogP contribution in [0.3, 0.4) is 0 Å². The van der Waals surface area contributed by atoms with Gasteiger partial charge in [0.25, 0.3) is 0 Å². The lowest BCUT2D eigenvalue weighted by atomic mass is 10.1. The van der Waals surface area contributed by atoms with Crippen LogP contribution in [-0.2, 0) is 20.0 Å². The summed E-state index contributed by atoms with van der Waals surface area (Å²) < 4.78 is 12.9. The Bertz CT molecular complexity index is 778. The van der Waals surface area contributed by atoms with E-state index < -0.39 is 0 Å². The molecular weight excluding hydrogens is 483 g/mol. The number of benzene rings is 1. The second-order valence-electron chi connectivity index (χ2n) is 6.37. The van der Waals surface area contributed by atoms with E-state index in [0.717, 1.165) is 55.0 Å². The zero-order valence-corrected chi connectivity index (χ0v) is 20.3. The summed E-state index contributed by atoms with van der Waals surface area (Å²) in [4.78, 5) is 4.60. The number of methoxy groups -OCH3 is 1. The highest BCUT2D eigenvalue weighted by Gasteiger charge is 2.07. The lowest BCUT2D eigenvalue weighted by Crippen LogP contribution is -2.38. The Balaban J connectivity index is 0.00000420. The summed E-state index contributed by atoms with van der Waals surface area (Å²) in [5.41, 5.74) is 1.22. The molecule has 2 aromatic rings. The molecule has 9 heteroatoms. The predicted molar refractivity (Wildman–Crippen MR) is 126 cm³/mol. The Morgan fingerprint density at radius 2 is 1.97 bits per heavy atom. The molecule has 2 rings (SSSR count). The molecule has 8 nitrogen and oxygen atoms in total. The molecule has 1 aromatic heterocycles. The van der Waals surface area contributed by atoms with Crippen LogP contribution in [0.15, 0.2) is 23.2 Å². The fourth-order valence-electron chi connectivity index (χ4n) is 2.72. The number of aliphatic imine (C=N–C) groups is 1. The van der Waals surface area contributed by atoms with Crippen LogP contribution in [0.4, 0.5) is 0 Å². The van der Waals surface area contributed by atoms with Crippen molar-refractivity contribution < 1.29 is 9.47 Å². The van der Waals surface area contributed by atoms with Crippen molar-refractivity contribution in [2.24, 2.45) is 12.0 Å². The number of rotatable bonds is 10. The molecule has 1 heterocycles. The van der Waals surface area contributed by atoms with Crippen molar-refractivity contribution >= 4 is 29.9 Å². The molecule has 1 aromatic carbocycles. The lowest BCUT2D eigenvalue weighted by Gasteiger charge is -2.13. The smallest absolute Gasteiger partial charge is 0.191 e. The molecular formula is C20H33IN6O2. The van der Waals surface area contributed by atoms with Gasteiger partial charge < -0.3 is 24.7 Å². The number of ether oxygens (including phenoxy) is 2. The molecule has 29 heavy (non-hydrogen) atoms. The second-order valence-corrected chi connectivity index (χ2v) is 6.37. The van der Waals surface area contributed by atoms with Gasteiger partial charge in [-0.2, -0.15) is 0 Å². The minimum atomic E-state index is 0. The van der Waals surface area contributed by atoms with Crippen molar-refractivity contribution in [3.8, 4) is 11.5 Å². The summed E-state index contributed by atoms with van der Waals surface area (Å²) in [5.74, 6) is 4.08. The Labute approximate surface area is 190 Å². The zero-order valence-electron chi connectivity index (χ0n) is 18.0. The van der Waals surface area contributed by atoms with Crippen molar-refractivity contribution in [2.75, 3.05) is 26.8 Å². The van der Waals surface area contributed by atoms with Crippen LogP contribution in [0.25, 0.3) is 0 Å². The van der Waals surface area contributed by atoms with Crippen LogP contribution in [0.1, 0.15) is 37.5 Å². The molecule has 162 valence electrons. The molecule has 0 unspecified atom stereocenters. The number of nitrogens with one attached hydrogen (secondary N) is 2. The summed E-state index contributed by atoms with van der Waals surface area (Å²) in [7, 11) is 3.61. The maximum absolute atomic E-state index is 5.65. The van der Waals surface area contributed by atoms with Crippen molar-refractivity contribution in [3.63, 3.8) is 0 Å². The van der Waals surface area contributed by atoms with E-state index in [-0.39, 0.29) is 24.0 Å². The minimum Gasteiger partial charge on any atom is -0.493 e. The first-order valence-corrected chi connectivity index (χ1v) is 9.75. The molecule has 0 fully saturated rings. The van der Waals surface area contributed by atoms with Crippen LogP contribution < -0.4 is 20.1 Å². The Kier molecular flexibility index (Phi) is 11.4. The predicted octanol–water partition coefficient (Wildman–Crippen LogP) is 2.84. The SMILES string of the molecule is CCNC(=NCc1nnc(C)n1C)NCCCc1ccc(OC)c(OCC)c1.I. The molecule has 0 amide bonds. The van der Waals surface area contributed by atoms with Gasteiger partial charge in [0, 0.05) is 20.1 Å². The topological polar surface area (TPSA) is 85.6 Å². The summed E-state index contributed by atoms with van der Waals surface area (Å²) >= 11 is 0. The highest BCUT2D eigenvalue weighted by atomic mass is 127. The van der Waals surface area contributed by atoms with E-state index in [1.165, 1.54) is 5.56 Å². The molecule has 0 aliphatic carbocycles. The number of hydrogen-bond donors (Lipinski definition) is 2. The average molecular weight is 516 g/mol. The van der Waals surface area contributed by atoms with Crippen molar-refractivity contribution in [1.29, 1.82) is 0 Å². The Morgan fingerprint density at radius 1 is 1.17 bits per heavy atom. The monoisotopic (exact) mass is 516 g/mol. The van der Waals surface area contributed by atoms with Crippen LogP contribution in [-0.4, -0.2) is 47.5 Å². The van der Waals surface area contributed by atoms with E-state index in [4.69, 9.17) is 9.47 Å². The van der Waals surface area contributed by atoms with Crippen LogP contribution in [0.5, 0.6) is 11.5 Å². The molecule has 2 N–H and O–H groups in total. The van der Waals surface area contributed by atoms with E-state index in [1.807, 2.05) is 31.5 Å². The van der Waals surface area contributed by atoms with Gasteiger partial charge in [-0.15, -0.1) is 34.2 Å². The third-order valence-corrected chi connectivity index (χ3v) is 4.37. The first kappa shape index (κ1) is 25.0. The Hall–Kier alpha value is -2.04. The first-order valence-electron chi connectivity index (χ1n) is 9.75. The molecule has 0 aliphatic rings. The van der Waals surface area contributed by atoms with Gasteiger partial charge in [0.05, 0.1) is 13.7 Å². The van der Waals surface area contributed by atoms with Gasteiger partial charge in [-0.05, 0) is 51.3 Å². The van der Waals surface area contributed by atoms with E-state index in [1.54, 1.807) is 7.11 Å². The standard InChI is InChI=1S/C20H32N6O2.HI/c1-6-21-20(23-14-19-25-24-15(3)26(19)4)22-12-8-9-16-10-11-17(27-5)18(13-16)28-7-2;/h10-11,13H,6-9,12,14H2,1-5H3,(H2,21,22,23);1H. The highest BCUT2D eigenvalue weighted by Crippen LogP contribution is 2.28. The number of hydrogen-bond acceptors (Lipinski definition) is 5. The number of nitrogens with zero attached hydrogens (tertiary/aromatic N) is 4. The summed E-state index contributed by atoms with van der Waals surface area (Å²) in [6, 6.07) is 6.09. The number of aromatic nitrogens is 3. The summed E-state index contributed by atoms with van der Waals surface area (Å²) in [5, 5.41) is 14.9. The van der Waals surface area contributed by atoms with Gasteiger partial charge in [-0.1, -0.05) is 6.07 Å². The largest absolute Gasteiger partial charge is 0.493 e. The van der Waals surface area contributed by atoms with E-state index >= 15 is 0 Å². The minimum absolute atomic E-state index is 0. The molecule has 0 bridgehead atoms. The van der Waals surface area contributed by atoms with E-state index in [9.17, 15) is 0 Å². The van der Waals surface area contributed by atoms with Crippen LogP contribution in [0, 0.1) is 6.92 Å². The van der Waals surface area contributed by atoms with Gasteiger partial charge >= 0.3 is 0 Å². The summed E-state index contributed by atoms with van der Waals surface area (Å²) in [6.07, 6.45) is 1.92. The molecule has 0 spiro atoms. The molecule has 0 atom stereocenters. The van der Waals surface area contributed by atoms with Gasteiger partial charge in [0.1, 0.15) is 12.4 Å². The van der Waals surface area contributed by atoms with E-state index in [2.05, 4.69) is 44.9 Å². The summed E-state index contributed by atoms with van der Waals surface area (Å²) in [6.45, 7) is 8.69. The van der Waals surface area contributed by atoms with E-state index in [0.29, 0.717) is 13.2 Å². The molecule has 0 aliphatic heterocycles. The highest BCUT2D eigenvalue weighted by molar-refractivity contribution is 14.0. The number of aryl methyl sites for hydroxylation is 2. The lowest BCUT2D eigenvalue weighted by molar-refractivity contribution is 0.310. The third-order valence-electron chi connectivity index (χ3n) is 4.37.